The number of thioether (sulfide) groups is 1. The normalized spacial score (nSPS) is 22.9. The van der Waals surface area contributed by atoms with Gasteiger partial charge >= 0.3 is 5.97 Å². The molecule has 4 rings (SSSR count). The van der Waals surface area contributed by atoms with Gasteiger partial charge in [0.15, 0.2) is 0 Å². The van der Waals surface area contributed by atoms with E-state index in [2.05, 4.69) is 5.32 Å². The van der Waals surface area contributed by atoms with Crippen molar-refractivity contribution in [3.63, 3.8) is 0 Å². The van der Waals surface area contributed by atoms with E-state index in [-0.39, 0.29) is 10.8 Å². The second-order valence-electron chi connectivity index (χ2n) is 8.19. The minimum Gasteiger partial charge on any atom is -0.495 e. The maximum absolute atomic E-state index is 13.3. The molecular weight excluding hydrogens is 428 g/mol. The van der Waals surface area contributed by atoms with E-state index < -0.39 is 24.0 Å². The third-order valence-electron chi connectivity index (χ3n) is 5.90. The summed E-state index contributed by atoms with van der Waals surface area (Å²) in [5.41, 5.74) is 1.99. The largest absolute Gasteiger partial charge is 0.495 e. The van der Waals surface area contributed by atoms with Gasteiger partial charge < -0.3 is 19.7 Å². The Hall–Kier alpha value is -3.00. The number of nitrogens with zero attached hydrogens (tertiary/aromatic N) is 1. The summed E-state index contributed by atoms with van der Waals surface area (Å²) < 4.78 is 11.1. The van der Waals surface area contributed by atoms with Gasteiger partial charge in [-0.2, -0.15) is 0 Å². The molecule has 2 heterocycles. The number of carbonyl (C=O) groups excluding carboxylic acids is 3. The minimum atomic E-state index is -1.16. The molecule has 8 heteroatoms. The standard InChI is InChI=1S/C24H26N2O5S/c1-15-9-10-19(30-3)17(13-15)25-22(28)21(16-7-5-4-6-8-16)31-23(29)18-14-32-24(2)12-11-20(27)26(18)24/h4-10,13,18,21H,11-12,14H2,1-3H3,(H,25,28)/t18-,21+,24+/m0/s1. The van der Waals surface area contributed by atoms with E-state index in [0.29, 0.717) is 35.6 Å². The number of nitrogens with one attached hydrogen (secondary N) is 1. The first-order valence-electron chi connectivity index (χ1n) is 10.5. The highest BCUT2D eigenvalue weighted by Gasteiger charge is 2.54. The first kappa shape index (κ1) is 22.2. The average molecular weight is 455 g/mol. The van der Waals surface area contributed by atoms with Crippen LogP contribution in [-0.4, -0.2) is 46.5 Å². The molecule has 0 unspecified atom stereocenters. The molecule has 0 aliphatic carbocycles. The van der Waals surface area contributed by atoms with Crippen LogP contribution in [0.3, 0.4) is 0 Å². The van der Waals surface area contributed by atoms with Gasteiger partial charge in [-0.3, -0.25) is 9.59 Å². The van der Waals surface area contributed by atoms with Crippen LogP contribution in [0.15, 0.2) is 48.5 Å². The predicted molar refractivity (Wildman–Crippen MR) is 122 cm³/mol. The third kappa shape index (κ3) is 4.19. The van der Waals surface area contributed by atoms with Crippen LogP contribution in [0.5, 0.6) is 5.75 Å². The van der Waals surface area contributed by atoms with E-state index in [1.54, 1.807) is 53.1 Å². The van der Waals surface area contributed by atoms with Crippen LogP contribution in [0, 0.1) is 6.92 Å². The number of aryl methyl sites for hydroxylation is 1. The van der Waals surface area contributed by atoms with Crippen LogP contribution in [0.4, 0.5) is 5.69 Å². The molecule has 0 saturated carbocycles. The number of amides is 2. The lowest BCUT2D eigenvalue weighted by atomic mass is 10.1. The number of methoxy groups -OCH3 is 1. The van der Waals surface area contributed by atoms with Crippen LogP contribution in [0.25, 0.3) is 0 Å². The van der Waals surface area contributed by atoms with Gasteiger partial charge in [0, 0.05) is 17.7 Å². The number of benzene rings is 2. The lowest BCUT2D eigenvalue weighted by molar-refractivity contribution is -0.161. The van der Waals surface area contributed by atoms with Crippen LogP contribution < -0.4 is 10.1 Å². The topological polar surface area (TPSA) is 84.9 Å². The monoisotopic (exact) mass is 454 g/mol. The minimum absolute atomic E-state index is 0.0512. The van der Waals surface area contributed by atoms with Crippen molar-refractivity contribution < 1.29 is 23.9 Å². The van der Waals surface area contributed by atoms with Crippen LogP contribution >= 0.6 is 11.8 Å². The zero-order chi connectivity index (χ0) is 22.9. The summed E-state index contributed by atoms with van der Waals surface area (Å²) in [6.07, 6.45) is -0.0394. The molecule has 7 nitrogen and oxygen atoms in total. The fourth-order valence-corrected chi connectivity index (χ4v) is 5.63. The second-order valence-corrected chi connectivity index (χ2v) is 9.69. The number of hydrogen-bond acceptors (Lipinski definition) is 6. The molecule has 2 aromatic carbocycles. The summed E-state index contributed by atoms with van der Waals surface area (Å²) in [5, 5.41) is 2.83. The van der Waals surface area contributed by atoms with Crippen molar-refractivity contribution in [3.05, 3.63) is 59.7 Å². The number of esters is 1. The van der Waals surface area contributed by atoms with Crippen molar-refractivity contribution in [1.82, 2.24) is 4.90 Å². The molecule has 32 heavy (non-hydrogen) atoms. The molecule has 2 saturated heterocycles. The lowest BCUT2D eigenvalue weighted by Gasteiger charge is -2.30. The Morgan fingerprint density at radius 1 is 1.22 bits per heavy atom. The Morgan fingerprint density at radius 2 is 1.97 bits per heavy atom. The van der Waals surface area contributed by atoms with Gasteiger partial charge in [-0.25, -0.2) is 4.79 Å². The molecule has 0 aromatic heterocycles. The number of carbonyl (C=O) groups is 3. The van der Waals surface area contributed by atoms with E-state index in [4.69, 9.17) is 9.47 Å². The second kappa shape index (κ2) is 8.86. The fraction of sp³-hybridized carbons (Fsp3) is 0.375. The molecule has 0 bridgehead atoms. The van der Waals surface area contributed by atoms with Crippen molar-refractivity contribution >= 4 is 35.2 Å². The summed E-state index contributed by atoms with van der Waals surface area (Å²) in [6.45, 7) is 3.88. The molecule has 2 aromatic rings. The van der Waals surface area contributed by atoms with Crippen LogP contribution in [0.1, 0.15) is 37.0 Å². The van der Waals surface area contributed by atoms with E-state index in [9.17, 15) is 14.4 Å². The van der Waals surface area contributed by atoms with Crippen molar-refractivity contribution in [2.45, 2.75) is 43.7 Å². The zero-order valence-corrected chi connectivity index (χ0v) is 19.1. The number of rotatable bonds is 6. The van der Waals surface area contributed by atoms with Crippen LogP contribution in [0.2, 0.25) is 0 Å². The number of ether oxygens (including phenoxy) is 2. The molecule has 2 amide bonds. The number of fused-ring (bicyclic) bond motifs is 1. The molecule has 2 aliphatic heterocycles. The molecule has 0 spiro atoms. The van der Waals surface area contributed by atoms with Gasteiger partial charge in [-0.05, 0) is 38.0 Å². The maximum atomic E-state index is 13.3. The quantitative estimate of drug-likeness (QED) is 0.671. The molecule has 1 N–H and O–H groups in total. The maximum Gasteiger partial charge on any atom is 0.330 e. The average Bonchev–Trinajstić information content (AvgIpc) is 3.28. The molecule has 168 valence electrons. The molecule has 0 radical (unpaired) electrons. The van der Waals surface area contributed by atoms with Gasteiger partial charge in [0.1, 0.15) is 11.8 Å². The SMILES string of the molecule is COc1ccc(C)cc1NC(=O)[C@H](OC(=O)[C@@H]1CS[C@]2(C)CCC(=O)N12)c1ccccc1. The molecule has 3 atom stereocenters. The van der Waals surface area contributed by atoms with E-state index in [1.807, 2.05) is 26.0 Å². The first-order chi connectivity index (χ1) is 15.3. The van der Waals surface area contributed by atoms with Gasteiger partial charge in [-0.1, -0.05) is 36.4 Å². The Bertz CT molecular complexity index is 1040. The predicted octanol–water partition coefficient (Wildman–Crippen LogP) is 3.68. The third-order valence-corrected chi connectivity index (χ3v) is 7.41. The van der Waals surface area contributed by atoms with Gasteiger partial charge in [0.2, 0.25) is 12.0 Å². The highest BCUT2D eigenvalue weighted by molar-refractivity contribution is 8.01. The Kier molecular flexibility index (Phi) is 6.15. The molecule has 2 fully saturated rings. The molecular formula is C24H26N2O5S. The Morgan fingerprint density at radius 3 is 2.69 bits per heavy atom. The summed E-state index contributed by atoms with van der Waals surface area (Å²) in [7, 11) is 1.52. The van der Waals surface area contributed by atoms with E-state index in [0.717, 1.165) is 5.56 Å². The van der Waals surface area contributed by atoms with Gasteiger partial charge in [0.05, 0.1) is 17.7 Å². The highest BCUT2D eigenvalue weighted by Crippen LogP contribution is 2.47. The van der Waals surface area contributed by atoms with Crippen molar-refractivity contribution in [3.8, 4) is 5.75 Å². The zero-order valence-electron chi connectivity index (χ0n) is 18.3. The number of anilines is 1. The smallest absolute Gasteiger partial charge is 0.330 e. The van der Waals surface area contributed by atoms with Crippen molar-refractivity contribution in [1.29, 1.82) is 0 Å². The summed E-state index contributed by atoms with van der Waals surface area (Å²) in [6, 6.07) is 13.6. The van der Waals surface area contributed by atoms with E-state index >= 15 is 0 Å². The summed E-state index contributed by atoms with van der Waals surface area (Å²) >= 11 is 1.58. The highest BCUT2D eigenvalue weighted by atomic mass is 32.2. The summed E-state index contributed by atoms with van der Waals surface area (Å²) in [5.74, 6) is -0.153. The lowest BCUT2D eigenvalue weighted by Crippen LogP contribution is -2.47. The van der Waals surface area contributed by atoms with Gasteiger partial charge in [0.25, 0.3) is 5.91 Å². The van der Waals surface area contributed by atoms with E-state index in [1.165, 1.54) is 7.11 Å². The first-order valence-corrected chi connectivity index (χ1v) is 11.5. The molecule has 2 aliphatic rings. The summed E-state index contributed by atoms with van der Waals surface area (Å²) in [4.78, 5) is 40.1. The van der Waals surface area contributed by atoms with Crippen molar-refractivity contribution in [2.75, 3.05) is 18.2 Å². The van der Waals surface area contributed by atoms with Gasteiger partial charge in [-0.15, -0.1) is 11.8 Å². The van der Waals surface area contributed by atoms with Crippen LogP contribution in [-0.2, 0) is 19.1 Å². The fourth-order valence-electron chi connectivity index (χ4n) is 4.21. The number of hydrogen-bond donors (Lipinski definition) is 1. The Labute approximate surface area is 191 Å². The van der Waals surface area contributed by atoms with Crippen molar-refractivity contribution in [2.24, 2.45) is 0 Å². The Balaban J connectivity index is 1.58.